The lowest BCUT2D eigenvalue weighted by Crippen LogP contribution is -2.41. The van der Waals surface area contributed by atoms with Gasteiger partial charge in [0.05, 0.1) is 0 Å². The third kappa shape index (κ3) is 7.81. The lowest BCUT2D eigenvalue weighted by Gasteiger charge is -2.21. The van der Waals surface area contributed by atoms with E-state index in [-0.39, 0.29) is 17.2 Å². The van der Waals surface area contributed by atoms with Crippen LogP contribution in [0, 0.1) is 11.8 Å². The van der Waals surface area contributed by atoms with Gasteiger partial charge in [-0.15, -0.1) is 0 Å². The Labute approximate surface area is 226 Å². The highest BCUT2D eigenvalue weighted by Gasteiger charge is 2.38. The van der Waals surface area contributed by atoms with Gasteiger partial charge >= 0.3 is 17.8 Å². The number of carboxylic acid groups (broad SMARTS) is 1. The van der Waals surface area contributed by atoms with Crippen LogP contribution in [0.15, 0.2) is 38.3 Å². The number of halogens is 4. The summed E-state index contributed by atoms with van der Waals surface area (Å²) >= 11 is 3.45. The number of hydrogen-bond donors (Lipinski definition) is 2. The van der Waals surface area contributed by atoms with Crippen LogP contribution in [0.2, 0.25) is 0 Å². The van der Waals surface area contributed by atoms with E-state index in [0.717, 1.165) is 16.5 Å². The van der Waals surface area contributed by atoms with Gasteiger partial charge in [0.25, 0.3) is 5.56 Å². The number of benzene rings is 1. The number of aromatic amines is 1. The Kier molecular flexibility index (Phi) is 9.97. The number of hydrogen-bond acceptors (Lipinski definition) is 4. The first kappa shape index (κ1) is 29.7. The molecule has 1 aliphatic carbocycles. The van der Waals surface area contributed by atoms with Crippen molar-refractivity contribution in [3.8, 4) is 0 Å². The number of nitrogens with one attached hydrogen (secondary N) is 1. The maximum atomic E-state index is 13.3. The fourth-order valence-electron chi connectivity index (χ4n) is 4.61. The van der Waals surface area contributed by atoms with Crippen LogP contribution in [0.3, 0.4) is 0 Å². The fourth-order valence-corrected chi connectivity index (χ4v) is 4.87. The van der Waals surface area contributed by atoms with Gasteiger partial charge in [-0.3, -0.25) is 13.9 Å². The second-order valence-electron chi connectivity index (χ2n) is 10.0. The van der Waals surface area contributed by atoms with E-state index in [0.29, 0.717) is 42.4 Å². The first-order chi connectivity index (χ1) is 17.9. The van der Waals surface area contributed by atoms with Crippen LogP contribution < -0.4 is 11.2 Å². The zero-order chi connectivity index (χ0) is 28.0. The Balaban J connectivity index is 0.000000505. The van der Waals surface area contributed by atoms with Gasteiger partial charge in [0.1, 0.15) is 11.3 Å². The minimum atomic E-state index is -5.08. The molecule has 1 saturated carbocycles. The van der Waals surface area contributed by atoms with Gasteiger partial charge < -0.3 is 10.1 Å². The van der Waals surface area contributed by atoms with Crippen LogP contribution in [0.25, 0.3) is 11.2 Å². The molecule has 2 aromatic heterocycles. The Morgan fingerprint density at radius 2 is 1.74 bits per heavy atom. The highest BCUT2D eigenvalue weighted by molar-refractivity contribution is 9.10. The maximum Gasteiger partial charge on any atom is 0.490 e. The van der Waals surface area contributed by atoms with Gasteiger partial charge in [-0.1, -0.05) is 74.0 Å². The van der Waals surface area contributed by atoms with E-state index in [1.54, 1.807) is 4.57 Å². The molecular formula is C26H32BrF3N4O4. The molecule has 0 amide bonds. The van der Waals surface area contributed by atoms with Crippen molar-refractivity contribution in [1.29, 1.82) is 0 Å². The van der Waals surface area contributed by atoms with Crippen LogP contribution >= 0.6 is 15.9 Å². The van der Waals surface area contributed by atoms with E-state index in [2.05, 4.69) is 39.7 Å². The highest BCUT2D eigenvalue weighted by atomic mass is 79.9. The van der Waals surface area contributed by atoms with Crippen LogP contribution in [0.5, 0.6) is 0 Å². The highest BCUT2D eigenvalue weighted by Crippen LogP contribution is 2.26. The number of alkyl halides is 3. The molecule has 1 fully saturated rings. The summed E-state index contributed by atoms with van der Waals surface area (Å²) in [4.78, 5) is 43.3. The third-order valence-electron chi connectivity index (χ3n) is 6.47. The first-order valence-electron chi connectivity index (χ1n) is 12.6. The largest absolute Gasteiger partial charge is 0.490 e. The molecule has 4 rings (SSSR count). The third-order valence-corrected chi connectivity index (χ3v) is 7.00. The number of nitrogens with zero attached hydrogens (tertiary/aromatic N) is 3. The molecule has 0 unspecified atom stereocenters. The summed E-state index contributed by atoms with van der Waals surface area (Å²) in [7, 11) is 0. The Morgan fingerprint density at radius 3 is 2.29 bits per heavy atom. The quantitative estimate of drug-likeness (QED) is 0.372. The summed E-state index contributed by atoms with van der Waals surface area (Å²) in [6, 6.07) is 8.04. The van der Waals surface area contributed by atoms with Crippen LogP contribution in [-0.2, 0) is 24.3 Å². The molecule has 0 bridgehead atoms. The van der Waals surface area contributed by atoms with Gasteiger partial charge in [0.15, 0.2) is 5.65 Å². The molecule has 0 aliphatic heterocycles. The van der Waals surface area contributed by atoms with Gasteiger partial charge in [-0.25, -0.2) is 14.6 Å². The molecule has 2 N–H and O–H groups in total. The predicted octanol–water partition coefficient (Wildman–Crippen LogP) is 5.50. The van der Waals surface area contributed by atoms with Crippen molar-refractivity contribution in [1.82, 2.24) is 19.1 Å². The minimum Gasteiger partial charge on any atom is -0.475 e. The predicted molar refractivity (Wildman–Crippen MR) is 141 cm³/mol. The molecule has 0 saturated heterocycles. The van der Waals surface area contributed by atoms with Crippen molar-refractivity contribution >= 4 is 33.1 Å². The van der Waals surface area contributed by atoms with Crippen molar-refractivity contribution in [2.45, 2.75) is 78.1 Å². The summed E-state index contributed by atoms with van der Waals surface area (Å²) in [5, 5.41) is 7.12. The maximum absolute atomic E-state index is 13.3. The van der Waals surface area contributed by atoms with Crippen LogP contribution in [-0.4, -0.2) is 36.4 Å². The number of fused-ring (bicyclic) bond motifs is 1. The molecule has 3 aromatic rings. The number of rotatable bonds is 7. The van der Waals surface area contributed by atoms with Crippen molar-refractivity contribution in [2.75, 3.05) is 0 Å². The molecule has 2 heterocycles. The first-order valence-corrected chi connectivity index (χ1v) is 13.4. The second-order valence-corrected chi connectivity index (χ2v) is 10.9. The van der Waals surface area contributed by atoms with Gasteiger partial charge in [0.2, 0.25) is 0 Å². The number of H-pyrrole nitrogens is 1. The van der Waals surface area contributed by atoms with E-state index in [4.69, 9.17) is 9.90 Å². The minimum absolute atomic E-state index is 0.233. The van der Waals surface area contributed by atoms with E-state index in [1.807, 2.05) is 24.3 Å². The van der Waals surface area contributed by atoms with Gasteiger partial charge in [-0.2, -0.15) is 13.2 Å². The molecule has 208 valence electrons. The van der Waals surface area contributed by atoms with Crippen molar-refractivity contribution in [3.05, 3.63) is 61.0 Å². The Bertz CT molecular complexity index is 1350. The lowest BCUT2D eigenvalue weighted by atomic mass is 9.87. The fraction of sp³-hybridized carbons (Fsp3) is 0.538. The molecule has 38 heavy (non-hydrogen) atoms. The zero-order valence-corrected chi connectivity index (χ0v) is 22.9. The van der Waals surface area contributed by atoms with Gasteiger partial charge in [-0.05, 0) is 36.0 Å². The lowest BCUT2D eigenvalue weighted by molar-refractivity contribution is -0.192. The molecule has 1 aromatic carbocycles. The van der Waals surface area contributed by atoms with Crippen molar-refractivity contribution in [3.63, 3.8) is 0 Å². The van der Waals surface area contributed by atoms with E-state index < -0.39 is 12.1 Å². The number of carboxylic acids is 1. The monoisotopic (exact) mass is 600 g/mol. The molecular weight excluding hydrogens is 569 g/mol. The van der Waals surface area contributed by atoms with E-state index in [9.17, 15) is 22.8 Å². The molecule has 8 nitrogen and oxygen atoms in total. The summed E-state index contributed by atoms with van der Waals surface area (Å²) in [5.74, 6) is -1.16. The standard InChI is InChI=1S/C24H31BrN4O2.C2HF3O2/c1-16(2)15-29-22-21(26-20(27-22)14-18-8-10-19(25)11-9-18)23(30)28(24(29)31)13-12-17-6-4-3-5-7-17;3-2(4,5)1(6)7/h8-11,16-17H,3-7,12-15H2,1-2H3,(H,26,27);(H,6,7). The Morgan fingerprint density at radius 1 is 1.13 bits per heavy atom. The summed E-state index contributed by atoms with van der Waals surface area (Å²) in [6.45, 7) is 5.18. The topological polar surface area (TPSA) is 110 Å². The number of imidazole rings is 1. The molecule has 0 radical (unpaired) electrons. The van der Waals surface area contributed by atoms with Crippen LogP contribution in [0.4, 0.5) is 13.2 Å². The van der Waals surface area contributed by atoms with Crippen LogP contribution in [0.1, 0.15) is 63.8 Å². The molecule has 1 aliphatic rings. The smallest absolute Gasteiger partial charge is 0.475 e. The van der Waals surface area contributed by atoms with Gasteiger partial charge in [0, 0.05) is 24.0 Å². The van der Waals surface area contributed by atoms with E-state index >= 15 is 0 Å². The SMILES string of the molecule is CC(C)Cn1c(=O)n(CCC2CCCCC2)c(=O)c2[nH]c(Cc3ccc(Br)cc3)nc21.O=C(O)C(F)(F)F. The molecule has 0 atom stereocenters. The average molecular weight is 601 g/mol. The second kappa shape index (κ2) is 12.8. The normalized spacial score (nSPS) is 14.5. The average Bonchev–Trinajstić information content (AvgIpc) is 3.27. The zero-order valence-electron chi connectivity index (χ0n) is 21.4. The summed E-state index contributed by atoms with van der Waals surface area (Å²) in [5.41, 5.74) is 1.53. The van der Waals surface area contributed by atoms with E-state index in [1.165, 1.54) is 36.7 Å². The number of aromatic nitrogens is 4. The number of carbonyl (C=O) groups is 1. The van der Waals surface area contributed by atoms with Crippen molar-refractivity contribution < 1.29 is 23.1 Å². The molecule has 0 spiro atoms. The summed E-state index contributed by atoms with van der Waals surface area (Å²) in [6.07, 6.45) is 2.63. The van der Waals surface area contributed by atoms with Crippen molar-refractivity contribution in [2.24, 2.45) is 11.8 Å². The Hall–Kier alpha value is -2.89. The number of aliphatic carboxylic acids is 1. The molecule has 12 heteroatoms. The summed E-state index contributed by atoms with van der Waals surface area (Å²) < 4.78 is 35.9.